The molecule has 8 heavy (non-hydrogen) atoms. The SMILES string of the molecule is CN/N=C\C=C(C)C. The number of hydrazone groups is 1. The summed E-state index contributed by atoms with van der Waals surface area (Å²) in [5.74, 6) is 0. The second-order valence-electron chi connectivity index (χ2n) is 1.75. The summed E-state index contributed by atoms with van der Waals surface area (Å²) in [7, 11) is 1.77. The molecule has 2 heteroatoms. The molecule has 1 N–H and O–H groups in total. The number of hydrogen-bond acceptors (Lipinski definition) is 2. The molecule has 0 aromatic rings. The van der Waals surface area contributed by atoms with E-state index in [2.05, 4.69) is 10.5 Å². The lowest BCUT2D eigenvalue weighted by Gasteiger charge is -1.82. The van der Waals surface area contributed by atoms with Crippen LogP contribution >= 0.6 is 0 Å². The number of rotatable bonds is 2. The third-order valence-corrected chi connectivity index (χ3v) is 0.612. The van der Waals surface area contributed by atoms with Gasteiger partial charge in [0.05, 0.1) is 0 Å². The van der Waals surface area contributed by atoms with Crippen molar-refractivity contribution in [2.45, 2.75) is 13.8 Å². The Hall–Kier alpha value is -0.790. The van der Waals surface area contributed by atoms with E-state index < -0.39 is 0 Å². The Kier molecular flexibility index (Phi) is 3.94. The van der Waals surface area contributed by atoms with Crippen molar-refractivity contribution in [2.24, 2.45) is 5.10 Å². The quantitative estimate of drug-likeness (QED) is 0.420. The lowest BCUT2D eigenvalue weighted by Crippen LogP contribution is -1.91. The van der Waals surface area contributed by atoms with Crippen LogP contribution in [-0.2, 0) is 0 Å². The molecule has 2 nitrogen and oxygen atoms in total. The minimum absolute atomic E-state index is 1.25. The van der Waals surface area contributed by atoms with E-state index in [-0.39, 0.29) is 0 Å². The van der Waals surface area contributed by atoms with Gasteiger partial charge >= 0.3 is 0 Å². The largest absolute Gasteiger partial charge is 0.313 e. The van der Waals surface area contributed by atoms with Crippen LogP contribution in [0.2, 0.25) is 0 Å². The topological polar surface area (TPSA) is 24.4 Å². The second kappa shape index (κ2) is 4.37. The molecule has 0 radical (unpaired) electrons. The fourth-order valence-corrected chi connectivity index (χ4v) is 0.261. The number of nitrogens with one attached hydrogen (secondary N) is 1. The van der Waals surface area contributed by atoms with Gasteiger partial charge in [0.1, 0.15) is 0 Å². The molecule has 0 aromatic heterocycles. The van der Waals surface area contributed by atoms with E-state index in [9.17, 15) is 0 Å². The fraction of sp³-hybridized carbons (Fsp3) is 0.500. The van der Waals surface area contributed by atoms with Crippen LogP contribution in [0.15, 0.2) is 16.8 Å². The van der Waals surface area contributed by atoms with Crippen LogP contribution in [0.5, 0.6) is 0 Å². The molecule has 0 saturated heterocycles. The van der Waals surface area contributed by atoms with Crippen LogP contribution in [0.25, 0.3) is 0 Å². The molecule has 0 heterocycles. The van der Waals surface area contributed by atoms with Crippen molar-refractivity contribution in [3.05, 3.63) is 11.6 Å². The predicted molar refractivity (Wildman–Crippen MR) is 37.0 cm³/mol. The Morgan fingerprint density at radius 1 is 1.50 bits per heavy atom. The molecule has 0 saturated carbocycles. The highest BCUT2D eigenvalue weighted by atomic mass is 15.3. The fourth-order valence-electron chi connectivity index (χ4n) is 0.261. The standard InChI is InChI=1S/C6H12N2/c1-6(2)4-5-8-7-3/h4-5,7H,1-3H3/b8-5-. The maximum Gasteiger partial charge on any atom is 0.0467 e. The molecule has 0 unspecified atom stereocenters. The number of nitrogens with zero attached hydrogens (tertiary/aromatic N) is 1. The average Bonchev–Trinajstić information content (AvgIpc) is 1.66. The monoisotopic (exact) mass is 112 g/mol. The summed E-state index contributed by atoms with van der Waals surface area (Å²) in [6, 6.07) is 0. The highest BCUT2D eigenvalue weighted by Gasteiger charge is 1.67. The maximum absolute atomic E-state index is 3.76. The molecule has 0 fully saturated rings. The molecule has 0 aliphatic heterocycles. The van der Waals surface area contributed by atoms with Gasteiger partial charge in [-0.2, -0.15) is 5.10 Å². The second-order valence-corrected chi connectivity index (χ2v) is 1.75. The zero-order valence-corrected chi connectivity index (χ0v) is 5.60. The third kappa shape index (κ3) is 5.21. The molecule has 0 amide bonds. The van der Waals surface area contributed by atoms with Crippen LogP contribution < -0.4 is 5.43 Å². The van der Waals surface area contributed by atoms with E-state index in [1.54, 1.807) is 13.3 Å². The summed E-state index contributed by atoms with van der Waals surface area (Å²) in [6.07, 6.45) is 3.67. The van der Waals surface area contributed by atoms with Gasteiger partial charge in [0, 0.05) is 13.3 Å². The molecular weight excluding hydrogens is 100 g/mol. The normalized spacial score (nSPS) is 9.38. The molecule has 0 aromatic carbocycles. The molecule has 0 aliphatic rings. The maximum atomic E-state index is 3.76. The first-order valence-electron chi connectivity index (χ1n) is 2.60. The van der Waals surface area contributed by atoms with Gasteiger partial charge in [-0.3, -0.25) is 0 Å². The van der Waals surface area contributed by atoms with Crippen molar-refractivity contribution in [1.82, 2.24) is 5.43 Å². The number of allylic oxidation sites excluding steroid dienone is 2. The van der Waals surface area contributed by atoms with Gasteiger partial charge in [0.2, 0.25) is 0 Å². The predicted octanol–water partition coefficient (Wildman–Crippen LogP) is 1.16. The van der Waals surface area contributed by atoms with Gasteiger partial charge in [0.15, 0.2) is 0 Å². The van der Waals surface area contributed by atoms with Gasteiger partial charge in [-0.15, -0.1) is 0 Å². The van der Waals surface area contributed by atoms with Gasteiger partial charge in [0.25, 0.3) is 0 Å². The van der Waals surface area contributed by atoms with Crippen LogP contribution in [0, 0.1) is 0 Å². The van der Waals surface area contributed by atoms with E-state index >= 15 is 0 Å². The van der Waals surface area contributed by atoms with E-state index in [4.69, 9.17) is 0 Å². The zero-order valence-electron chi connectivity index (χ0n) is 5.60. The Morgan fingerprint density at radius 2 is 2.12 bits per heavy atom. The van der Waals surface area contributed by atoms with Crippen molar-refractivity contribution < 1.29 is 0 Å². The smallest absolute Gasteiger partial charge is 0.0467 e. The Labute approximate surface area is 50.3 Å². The minimum Gasteiger partial charge on any atom is -0.313 e. The van der Waals surface area contributed by atoms with Crippen LogP contribution in [0.1, 0.15) is 13.8 Å². The Balaban J connectivity index is 3.42. The lowest BCUT2D eigenvalue weighted by atomic mass is 10.3. The van der Waals surface area contributed by atoms with Gasteiger partial charge in [-0.1, -0.05) is 5.57 Å². The van der Waals surface area contributed by atoms with Crippen molar-refractivity contribution in [3.8, 4) is 0 Å². The molecule has 46 valence electrons. The van der Waals surface area contributed by atoms with Crippen molar-refractivity contribution >= 4 is 6.21 Å². The van der Waals surface area contributed by atoms with Crippen LogP contribution in [0.4, 0.5) is 0 Å². The van der Waals surface area contributed by atoms with Gasteiger partial charge in [-0.25, -0.2) is 0 Å². The first-order chi connectivity index (χ1) is 3.77. The lowest BCUT2D eigenvalue weighted by molar-refractivity contribution is 0.908. The molecule has 0 bridgehead atoms. The molecule has 0 atom stereocenters. The first kappa shape index (κ1) is 7.21. The van der Waals surface area contributed by atoms with Crippen LogP contribution in [0.3, 0.4) is 0 Å². The highest BCUT2D eigenvalue weighted by molar-refractivity contribution is 5.71. The van der Waals surface area contributed by atoms with E-state index in [1.807, 2.05) is 19.9 Å². The average molecular weight is 112 g/mol. The van der Waals surface area contributed by atoms with Crippen molar-refractivity contribution in [2.75, 3.05) is 7.05 Å². The molecule has 0 spiro atoms. The molecule has 0 rings (SSSR count). The Morgan fingerprint density at radius 3 is 2.50 bits per heavy atom. The summed E-state index contributed by atoms with van der Waals surface area (Å²) in [5, 5.41) is 3.76. The number of hydrogen-bond donors (Lipinski definition) is 1. The first-order valence-corrected chi connectivity index (χ1v) is 2.60. The summed E-state index contributed by atoms with van der Waals surface area (Å²) >= 11 is 0. The van der Waals surface area contributed by atoms with E-state index in [0.29, 0.717) is 0 Å². The van der Waals surface area contributed by atoms with Gasteiger partial charge in [-0.05, 0) is 19.9 Å². The van der Waals surface area contributed by atoms with E-state index in [0.717, 1.165) is 0 Å². The molecular formula is C6H12N2. The van der Waals surface area contributed by atoms with E-state index in [1.165, 1.54) is 5.57 Å². The summed E-state index contributed by atoms with van der Waals surface area (Å²) in [5.41, 5.74) is 3.90. The van der Waals surface area contributed by atoms with Gasteiger partial charge < -0.3 is 5.43 Å². The third-order valence-electron chi connectivity index (χ3n) is 0.612. The summed E-state index contributed by atoms with van der Waals surface area (Å²) in [6.45, 7) is 4.06. The molecule has 0 aliphatic carbocycles. The van der Waals surface area contributed by atoms with Crippen LogP contribution in [-0.4, -0.2) is 13.3 Å². The Bertz CT molecular complexity index is 99.1. The summed E-state index contributed by atoms with van der Waals surface area (Å²) < 4.78 is 0. The summed E-state index contributed by atoms with van der Waals surface area (Å²) in [4.78, 5) is 0. The minimum atomic E-state index is 1.25. The highest BCUT2D eigenvalue weighted by Crippen LogP contribution is 1.82. The van der Waals surface area contributed by atoms with Crippen molar-refractivity contribution in [1.29, 1.82) is 0 Å². The zero-order chi connectivity index (χ0) is 6.41. The van der Waals surface area contributed by atoms with Crippen molar-refractivity contribution in [3.63, 3.8) is 0 Å².